The summed E-state index contributed by atoms with van der Waals surface area (Å²) < 4.78 is 27.9. The molecule has 1 heterocycles. The van der Waals surface area contributed by atoms with E-state index in [9.17, 15) is 13.2 Å². The van der Waals surface area contributed by atoms with E-state index in [2.05, 4.69) is 10.2 Å². The lowest BCUT2D eigenvalue weighted by Crippen LogP contribution is -2.39. The Hall–Kier alpha value is -2.07. The number of amides is 1. The van der Waals surface area contributed by atoms with E-state index in [0.29, 0.717) is 22.7 Å². The molecule has 1 aliphatic carbocycles. The van der Waals surface area contributed by atoms with Crippen LogP contribution in [0.2, 0.25) is 0 Å². The number of benzene rings is 1. The van der Waals surface area contributed by atoms with Gasteiger partial charge in [0.1, 0.15) is 0 Å². The molecule has 1 aromatic carbocycles. The third kappa shape index (κ3) is 6.00. The first-order valence-corrected chi connectivity index (χ1v) is 13.3. The molecule has 0 saturated heterocycles. The average Bonchev–Trinajstić information content (AvgIpc) is 3.09. The van der Waals surface area contributed by atoms with Gasteiger partial charge in [-0.2, -0.15) is 0 Å². The highest BCUT2D eigenvalue weighted by Crippen LogP contribution is 2.25. The maximum atomic E-state index is 12.6. The van der Waals surface area contributed by atoms with Crippen LogP contribution in [0, 0.1) is 6.92 Å². The van der Waals surface area contributed by atoms with Crippen molar-refractivity contribution in [1.29, 1.82) is 0 Å². The Labute approximate surface area is 189 Å². The van der Waals surface area contributed by atoms with Crippen molar-refractivity contribution in [2.45, 2.75) is 56.8 Å². The maximum absolute atomic E-state index is 12.6. The number of carbonyl (C=O) groups excluding carboxylic acids is 1. The second kappa shape index (κ2) is 10.0. The molecule has 1 amide bonds. The lowest BCUT2D eigenvalue weighted by atomic mass is 9.94. The summed E-state index contributed by atoms with van der Waals surface area (Å²) in [6.45, 7) is 2.02. The topological polar surface area (TPSA) is 88.4 Å². The maximum Gasteiger partial charge on any atom is 0.233 e. The Morgan fingerprint density at radius 1 is 1.16 bits per heavy atom. The van der Waals surface area contributed by atoms with Crippen molar-refractivity contribution < 1.29 is 13.2 Å². The first kappa shape index (κ1) is 23.6. The van der Waals surface area contributed by atoms with Crippen molar-refractivity contribution in [3.8, 4) is 0 Å². The number of carbonyl (C=O) groups is 1. The summed E-state index contributed by atoms with van der Waals surface area (Å²) in [6, 6.07) is 7.64. The van der Waals surface area contributed by atoms with Gasteiger partial charge in [-0.1, -0.05) is 48.7 Å². The Kier molecular flexibility index (Phi) is 7.64. The molecular weight excluding hydrogens is 434 g/mol. The fourth-order valence-electron chi connectivity index (χ4n) is 3.75. The van der Waals surface area contributed by atoms with E-state index < -0.39 is 10.0 Å². The quantitative estimate of drug-likeness (QED) is 0.557. The first-order chi connectivity index (χ1) is 14.7. The highest BCUT2D eigenvalue weighted by Gasteiger charge is 2.24. The number of nitrogens with zero attached hydrogens (tertiary/aromatic N) is 5. The molecule has 1 aromatic heterocycles. The standard InChI is InChI=1S/C21H31N5O3S2/c1-16-10-12-18(13-11-16)26(31(4,28)29)14-19-22-23-21(25(19)3)30-15-20(27)24(2)17-8-6-5-7-9-17/h10-13,17H,5-9,14-15H2,1-4H3. The van der Waals surface area contributed by atoms with Gasteiger partial charge in [-0.15, -0.1) is 10.2 Å². The minimum atomic E-state index is -3.50. The normalized spacial score (nSPS) is 15.1. The monoisotopic (exact) mass is 465 g/mol. The van der Waals surface area contributed by atoms with Crippen LogP contribution >= 0.6 is 11.8 Å². The van der Waals surface area contributed by atoms with Gasteiger partial charge in [0.15, 0.2) is 11.0 Å². The largest absolute Gasteiger partial charge is 0.342 e. The number of hydrogen-bond acceptors (Lipinski definition) is 6. The Morgan fingerprint density at radius 3 is 2.42 bits per heavy atom. The molecule has 1 saturated carbocycles. The summed E-state index contributed by atoms with van der Waals surface area (Å²) in [6.07, 6.45) is 6.93. The molecule has 1 aliphatic rings. The second-order valence-corrected chi connectivity index (χ2v) is 11.0. The van der Waals surface area contributed by atoms with Gasteiger partial charge in [0.05, 0.1) is 24.2 Å². The molecule has 0 N–H and O–H groups in total. The minimum absolute atomic E-state index is 0.0713. The van der Waals surface area contributed by atoms with Gasteiger partial charge in [-0.3, -0.25) is 9.10 Å². The van der Waals surface area contributed by atoms with Crippen molar-refractivity contribution in [3.63, 3.8) is 0 Å². The smallest absolute Gasteiger partial charge is 0.233 e. The molecule has 0 atom stereocenters. The van der Waals surface area contributed by atoms with Gasteiger partial charge in [-0.25, -0.2) is 8.42 Å². The van der Waals surface area contributed by atoms with Crippen LogP contribution in [0.4, 0.5) is 5.69 Å². The minimum Gasteiger partial charge on any atom is -0.342 e. The van der Waals surface area contributed by atoms with Gasteiger partial charge in [0.25, 0.3) is 0 Å². The predicted octanol–water partition coefficient (Wildman–Crippen LogP) is 2.97. The van der Waals surface area contributed by atoms with Gasteiger partial charge in [-0.05, 0) is 31.9 Å². The fraction of sp³-hybridized carbons (Fsp3) is 0.571. The summed E-state index contributed by atoms with van der Waals surface area (Å²) in [4.78, 5) is 14.5. The van der Waals surface area contributed by atoms with Crippen LogP contribution in [0.3, 0.4) is 0 Å². The number of aryl methyl sites for hydroxylation is 1. The number of aromatic nitrogens is 3. The Bertz CT molecular complexity index is 999. The third-order valence-corrected chi connectivity index (χ3v) is 7.92. The molecule has 1 fully saturated rings. The fourth-order valence-corrected chi connectivity index (χ4v) is 5.46. The predicted molar refractivity (Wildman–Crippen MR) is 124 cm³/mol. The molecule has 0 bridgehead atoms. The number of sulfonamides is 1. The zero-order valence-electron chi connectivity index (χ0n) is 18.6. The summed E-state index contributed by atoms with van der Waals surface area (Å²) in [7, 11) is 0.174. The van der Waals surface area contributed by atoms with E-state index in [1.54, 1.807) is 23.7 Å². The van der Waals surface area contributed by atoms with Crippen LogP contribution in [-0.4, -0.2) is 59.1 Å². The van der Waals surface area contributed by atoms with Gasteiger partial charge in [0.2, 0.25) is 15.9 Å². The molecule has 0 aliphatic heterocycles. The summed E-state index contributed by atoms with van der Waals surface area (Å²) in [5.41, 5.74) is 1.63. The van der Waals surface area contributed by atoms with Crippen molar-refractivity contribution in [1.82, 2.24) is 19.7 Å². The van der Waals surface area contributed by atoms with Crippen LogP contribution in [0.25, 0.3) is 0 Å². The molecule has 0 unspecified atom stereocenters. The zero-order valence-corrected chi connectivity index (χ0v) is 20.2. The molecule has 2 aromatic rings. The number of rotatable bonds is 8. The van der Waals surface area contributed by atoms with Crippen molar-refractivity contribution >= 4 is 33.4 Å². The van der Waals surface area contributed by atoms with Crippen LogP contribution in [-0.2, 0) is 28.4 Å². The SMILES string of the molecule is Cc1ccc(N(Cc2nnc(SCC(=O)N(C)C3CCCCC3)n2C)S(C)(=O)=O)cc1. The van der Waals surface area contributed by atoms with E-state index in [1.807, 2.05) is 31.0 Å². The Balaban J connectivity index is 1.67. The van der Waals surface area contributed by atoms with Crippen LogP contribution in [0.15, 0.2) is 29.4 Å². The molecule has 0 radical (unpaired) electrons. The van der Waals surface area contributed by atoms with E-state index in [-0.39, 0.29) is 18.2 Å². The molecule has 170 valence electrons. The van der Waals surface area contributed by atoms with Crippen molar-refractivity contribution in [2.75, 3.05) is 23.4 Å². The lowest BCUT2D eigenvalue weighted by Gasteiger charge is -2.31. The van der Waals surface area contributed by atoms with E-state index >= 15 is 0 Å². The third-order valence-electron chi connectivity index (χ3n) is 5.77. The molecule has 10 heteroatoms. The molecule has 31 heavy (non-hydrogen) atoms. The summed E-state index contributed by atoms with van der Waals surface area (Å²) in [5.74, 6) is 0.882. The lowest BCUT2D eigenvalue weighted by molar-refractivity contribution is -0.129. The van der Waals surface area contributed by atoms with Crippen LogP contribution in [0.1, 0.15) is 43.5 Å². The number of hydrogen-bond donors (Lipinski definition) is 0. The average molecular weight is 466 g/mol. The van der Waals surface area contributed by atoms with Gasteiger partial charge >= 0.3 is 0 Å². The number of thioether (sulfide) groups is 1. The summed E-state index contributed by atoms with van der Waals surface area (Å²) in [5, 5.41) is 8.97. The van der Waals surface area contributed by atoms with Crippen LogP contribution < -0.4 is 4.31 Å². The van der Waals surface area contributed by atoms with Gasteiger partial charge in [0, 0.05) is 20.1 Å². The van der Waals surface area contributed by atoms with Crippen molar-refractivity contribution in [3.05, 3.63) is 35.7 Å². The van der Waals surface area contributed by atoms with Crippen molar-refractivity contribution in [2.24, 2.45) is 7.05 Å². The Morgan fingerprint density at radius 2 is 1.81 bits per heavy atom. The molecular formula is C21H31N5O3S2. The molecule has 0 spiro atoms. The van der Waals surface area contributed by atoms with E-state index in [4.69, 9.17) is 0 Å². The number of anilines is 1. The summed E-state index contributed by atoms with van der Waals surface area (Å²) >= 11 is 1.33. The van der Waals surface area contributed by atoms with E-state index in [1.165, 1.54) is 41.6 Å². The zero-order chi connectivity index (χ0) is 22.6. The van der Waals surface area contributed by atoms with Gasteiger partial charge < -0.3 is 9.47 Å². The molecule has 8 nitrogen and oxygen atoms in total. The highest BCUT2D eigenvalue weighted by atomic mass is 32.2. The first-order valence-electron chi connectivity index (χ1n) is 10.5. The highest BCUT2D eigenvalue weighted by molar-refractivity contribution is 7.99. The molecule has 3 rings (SSSR count). The van der Waals surface area contributed by atoms with Crippen LogP contribution in [0.5, 0.6) is 0 Å². The van der Waals surface area contributed by atoms with E-state index in [0.717, 1.165) is 18.4 Å². The second-order valence-electron chi connectivity index (χ2n) is 8.15.